The fourth-order valence-corrected chi connectivity index (χ4v) is 7.33. The van der Waals surface area contributed by atoms with Crippen molar-refractivity contribution in [2.45, 2.75) is 0 Å². The zero-order valence-corrected chi connectivity index (χ0v) is 24.3. The van der Waals surface area contributed by atoms with E-state index in [9.17, 15) is 0 Å². The van der Waals surface area contributed by atoms with E-state index in [1.54, 1.807) is 0 Å². The number of rotatable bonds is 2. The third kappa shape index (κ3) is 3.22. The molecule has 0 bridgehead atoms. The van der Waals surface area contributed by atoms with E-state index in [2.05, 4.69) is 97.1 Å². The Morgan fingerprint density at radius 3 is 1.17 bits per heavy atom. The van der Waals surface area contributed by atoms with Gasteiger partial charge in [0.05, 0.1) is 0 Å². The molecule has 4 heterocycles. The molecule has 0 N–H and O–H groups in total. The molecule has 46 heavy (non-hydrogen) atoms. The largest absolute Gasteiger partial charge is 0.456 e. The SMILES string of the molecule is c1ccc2c(c1)oc1ccc(-c3cccc4c3oc3cc5c(cc34)oc3c(-c4ccc6oc7ccccc7c6c4)cccc35)cc12. The van der Waals surface area contributed by atoms with Gasteiger partial charge in [0.25, 0.3) is 0 Å². The van der Waals surface area contributed by atoms with Crippen LogP contribution in [0.2, 0.25) is 0 Å². The number of fused-ring (bicyclic) bond motifs is 12. The normalized spacial score (nSPS) is 12.3. The summed E-state index contributed by atoms with van der Waals surface area (Å²) in [7, 11) is 0. The van der Waals surface area contributed by atoms with E-state index in [1.807, 2.05) is 36.4 Å². The Balaban J connectivity index is 1.09. The molecule has 11 rings (SSSR count). The van der Waals surface area contributed by atoms with Crippen LogP contribution in [0.1, 0.15) is 0 Å². The van der Waals surface area contributed by atoms with Crippen LogP contribution in [0.3, 0.4) is 0 Å². The van der Waals surface area contributed by atoms with Gasteiger partial charge >= 0.3 is 0 Å². The van der Waals surface area contributed by atoms with Crippen molar-refractivity contribution in [2.75, 3.05) is 0 Å². The maximum Gasteiger partial charge on any atom is 0.143 e. The Morgan fingerprint density at radius 2 is 0.674 bits per heavy atom. The van der Waals surface area contributed by atoms with E-state index in [4.69, 9.17) is 17.7 Å². The van der Waals surface area contributed by atoms with Crippen molar-refractivity contribution < 1.29 is 17.7 Å². The molecule has 0 radical (unpaired) electrons. The quantitative estimate of drug-likeness (QED) is 0.201. The molecule has 214 valence electrons. The standard InChI is InChI=1S/C42H22O4/c1-3-13-35-27(7-1)31-19-23(15-17-37(31)43-35)25-9-5-11-29-33-21-40-34(22-39(33)45-41(25)29)30-12-6-10-26(42(30)46-40)24-16-18-38-32(20-24)28-8-2-4-14-36(28)44-38/h1-22H. The van der Waals surface area contributed by atoms with E-state index in [0.717, 1.165) is 110 Å². The average Bonchev–Trinajstić information content (AvgIpc) is 3.86. The summed E-state index contributed by atoms with van der Waals surface area (Å²) in [6, 6.07) is 46.0. The second-order valence-corrected chi connectivity index (χ2v) is 12.0. The highest BCUT2D eigenvalue weighted by Crippen LogP contribution is 2.43. The van der Waals surface area contributed by atoms with Gasteiger partial charge in [0, 0.05) is 54.2 Å². The van der Waals surface area contributed by atoms with Crippen molar-refractivity contribution >= 4 is 87.8 Å². The first-order valence-electron chi connectivity index (χ1n) is 15.4. The highest BCUT2D eigenvalue weighted by Gasteiger charge is 2.19. The number of furan rings is 4. The maximum absolute atomic E-state index is 6.66. The number of hydrogen-bond donors (Lipinski definition) is 0. The Bertz CT molecular complexity index is 2830. The highest BCUT2D eigenvalue weighted by molar-refractivity contribution is 6.18. The molecule has 0 saturated heterocycles. The molecule has 4 heteroatoms. The van der Waals surface area contributed by atoms with Crippen LogP contribution in [-0.4, -0.2) is 0 Å². The van der Waals surface area contributed by atoms with Gasteiger partial charge in [-0.25, -0.2) is 0 Å². The predicted octanol–water partition coefficient (Wildman–Crippen LogP) is 12.6. The monoisotopic (exact) mass is 590 g/mol. The van der Waals surface area contributed by atoms with Crippen molar-refractivity contribution in [3.8, 4) is 22.3 Å². The van der Waals surface area contributed by atoms with E-state index in [0.29, 0.717) is 0 Å². The van der Waals surface area contributed by atoms with E-state index in [-0.39, 0.29) is 0 Å². The van der Waals surface area contributed by atoms with Crippen LogP contribution >= 0.6 is 0 Å². The van der Waals surface area contributed by atoms with Crippen LogP contribution in [0, 0.1) is 0 Å². The zero-order valence-electron chi connectivity index (χ0n) is 24.3. The lowest BCUT2D eigenvalue weighted by molar-refractivity contribution is 0.665. The summed E-state index contributed by atoms with van der Waals surface area (Å²) in [6.45, 7) is 0. The minimum Gasteiger partial charge on any atom is -0.456 e. The van der Waals surface area contributed by atoms with Gasteiger partial charge in [0.15, 0.2) is 0 Å². The Kier molecular flexibility index (Phi) is 4.55. The molecule has 11 aromatic rings. The Hall–Kier alpha value is -6.26. The van der Waals surface area contributed by atoms with Crippen LogP contribution in [0.4, 0.5) is 0 Å². The van der Waals surface area contributed by atoms with Crippen LogP contribution < -0.4 is 0 Å². The number of hydrogen-bond acceptors (Lipinski definition) is 4. The van der Waals surface area contributed by atoms with Crippen LogP contribution in [-0.2, 0) is 0 Å². The molecule has 7 aromatic carbocycles. The molecule has 0 aliphatic heterocycles. The van der Waals surface area contributed by atoms with Gasteiger partial charge in [-0.15, -0.1) is 0 Å². The molecule has 0 spiro atoms. The summed E-state index contributed by atoms with van der Waals surface area (Å²) in [6.07, 6.45) is 0. The van der Waals surface area contributed by atoms with Crippen molar-refractivity contribution in [3.05, 3.63) is 133 Å². The molecular formula is C42H22O4. The topological polar surface area (TPSA) is 52.6 Å². The van der Waals surface area contributed by atoms with Gasteiger partial charge in [0.1, 0.15) is 44.7 Å². The van der Waals surface area contributed by atoms with Crippen molar-refractivity contribution in [1.82, 2.24) is 0 Å². The van der Waals surface area contributed by atoms with Gasteiger partial charge < -0.3 is 17.7 Å². The third-order valence-electron chi connectivity index (χ3n) is 9.49. The summed E-state index contributed by atoms with van der Waals surface area (Å²) >= 11 is 0. The first-order chi connectivity index (χ1) is 22.8. The zero-order chi connectivity index (χ0) is 29.9. The van der Waals surface area contributed by atoms with Crippen molar-refractivity contribution in [3.63, 3.8) is 0 Å². The molecule has 0 aliphatic carbocycles. The summed E-state index contributed by atoms with van der Waals surface area (Å²) < 4.78 is 25.5. The lowest BCUT2D eigenvalue weighted by Crippen LogP contribution is -1.79. The molecule has 0 saturated carbocycles. The highest BCUT2D eigenvalue weighted by atomic mass is 16.3. The lowest BCUT2D eigenvalue weighted by atomic mass is 9.99. The number of para-hydroxylation sites is 4. The number of benzene rings is 7. The lowest BCUT2D eigenvalue weighted by Gasteiger charge is -2.03. The van der Waals surface area contributed by atoms with E-state index < -0.39 is 0 Å². The average molecular weight is 591 g/mol. The summed E-state index contributed by atoms with van der Waals surface area (Å²) in [5.41, 5.74) is 11.2. The van der Waals surface area contributed by atoms with Crippen molar-refractivity contribution in [2.24, 2.45) is 0 Å². The Labute approximate surface area is 260 Å². The molecule has 4 aromatic heterocycles. The van der Waals surface area contributed by atoms with Crippen LogP contribution in [0.5, 0.6) is 0 Å². The van der Waals surface area contributed by atoms with Gasteiger partial charge in [-0.05, 0) is 59.7 Å². The van der Waals surface area contributed by atoms with E-state index >= 15 is 0 Å². The minimum absolute atomic E-state index is 0.837. The molecule has 0 fully saturated rings. The first-order valence-corrected chi connectivity index (χ1v) is 15.4. The smallest absolute Gasteiger partial charge is 0.143 e. The molecule has 4 nitrogen and oxygen atoms in total. The minimum atomic E-state index is 0.837. The summed E-state index contributed by atoms with van der Waals surface area (Å²) in [5, 5.41) is 8.61. The molecule has 0 aliphatic rings. The second-order valence-electron chi connectivity index (χ2n) is 12.0. The van der Waals surface area contributed by atoms with Crippen LogP contribution in [0.25, 0.3) is 110 Å². The second kappa shape index (κ2) is 8.68. The predicted molar refractivity (Wildman–Crippen MR) is 186 cm³/mol. The van der Waals surface area contributed by atoms with Crippen molar-refractivity contribution in [1.29, 1.82) is 0 Å². The molecular weight excluding hydrogens is 568 g/mol. The van der Waals surface area contributed by atoms with Gasteiger partial charge in [-0.1, -0.05) is 84.9 Å². The van der Waals surface area contributed by atoms with Crippen LogP contribution in [0.15, 0.2) is 151 Å². The Morgan fingerprint density at radius 1 is 0.261 bits per heavy atom. The molecule has 0 atom stereocenters. The third-order valence-corrected chi connectivity index (χ3v) is 9.49. The van der Waals surface area contributed by atoms with Gasteiger partial charge in [0.2, 0.25) is 0 Å². The summed E-state index contributed by atoms with van der Waals surface area (Å²) in [5.74, 6) is 0. The fourth-order valence-electron chi connectivity index (χ4n) is 7.33. The summed E-state index contributed by atoms with van der Waals surface area (Å²) in [4.78, 5) is 0. The van der Waals surface area contributed by atoms with Gasteiger partial charge in [-0.2, -0.15) is 0 Å². The first kappa shape index (κ1) is 24.1. The van der Waals surface area contributed by atoms with E-state index in [1.165, 1.54) is 0 Å². The molecule has 0 amide bonds. The fraction of sp³-hybridized carbons (Fsp3) is 0. The maximum atomic E-state index is 6.66. The van der Waals surface area contributed by atoms with Gasteiger partial charge in [-0.3, -0.25) is 0 Å². The molecule has 0 unspecified atom stereocenters.